The molecule has 0 bridgehead atoms. The van der Waals surface area contributed by atoms with Crippen molar-refractivity contribution in [3.8, 4) is 0 Å². The Labute approximate surface area is 116 Å². The zero-order valence-electron chi connectivity index (χ0n) is 10.5. The van der Waals surface area contributed by atoms with E-state index in [1.165, 1.54) is 18.3 Å². The van der Waals surface area contributed by atoms with Gasteiger partial charge < -0.3 is 5.11 Å². The lowest BCUT2D eigenvalue weighted by Crippen LogP contribution is -2.29. The van der Waals surface area contributed by atoms with Crippen molar-refractivity contribution in [3.05, 3.63) is 58.9 Å². The van der Waals surface area contributed by atoms with Crippen LogP contribution in [0.25, 0.3) is 0 Å². The van der Waals surface area contributed by atoms with Crippen molar-refractivity contribution < 1.29 is 9.50 Å². The summed E-state index contributed by atoms with van der Waals surface area (Å²) in [4.78, 5) is 7.87. The molecule has 2 rings (SSSR count). The van der Waals surface area contributed by atoms with E-state index in [2.05, 4.69) is 9.97 Å². The predicted octanol–water partition coefficient (Wildman–Crippen LogP) is 3.11. The quantitative estimate of drug-likeness (QED) is 0.936. The Kier molecular flexibility index (Phi) is 4.12. The van der Waals surface area contributed by atoms with E-state index < -0.39 is 11.4 Å². The molecule has 0 aromatic carbocycles. The Morgan fingerprint density at radius 3 is 2.68 bits per heavy atom. The van der Waals surface area contributed by atoms with Crippen LogP contribution in [-0.4, -0.2) is 15.1 Å². The fourth-order valence-corrected chi connectivity index (χ4v) is 2.10. The molecule has 0 aliphatic rings. The summed E-state index contributed by atoms with van der Waals surface area (Å²) in [5.74, 6) is -0.427. The Morgan fingerprint density at radius 2 is 2.11 bits per heavy atom. The van der Waals surface area contributed by atoms with E-state index >= 15 is 0 Å². The SMILES string of the molecule is CCC(O)(Cc1ccncc1Cl)c1ccc(F)cn1. The van der Waals surface area contributed by atoms with Crippen LogP contribution in [0, 0.1) is 5.82 Å². The molecule has 19 heavy (non-hydrogen) atoms. The third kappa shape index (κ3) is 3.08. The van der Waals surface area contributed by atoms with Crippen molar-refractivity contribution in [2.24, 2.45) is 0 Å². The van der Waals surface area contributed by atoms with Gasteiger partial charge in [0.25, 0.3) is 0 Å². The molecular formula is C14H14ClFN2O. The molecule has 2 aromatic heterocycles. The highest BCUT2D eigenvalue weighted by atomic mass is 35.5. The molecule has 2 heterocycles. The zero-order valence-corrected chi connectivity index (χ0v) is 11.2. The molecule has 0 saturated carbocycles. The summed E-state index contributed by atoms with van der Waals surface area (Å²) in [6.07, 6.45) is 5.01. The summed E-state index contributed by atoms with van der Waals surface area (Å²) < 4.78 is 12.9. The van der Waals surface area contributed by atoms with Crippen molar-refractivity contribution in [2.75, 3.05) is 0 Å². The molecule has 1 unspecified atom stereocenters. The molecule has 3 nitrogen and oxygen atoms in total. The van der Waals surface area contributed by atoms with E-state index in [0.29, 0.717) is 23.6 Å². The number of aliphatic hydroxyl groups is 1. The van der Waals surface area contributed by atoms with Crippen LogP contribution in [0.4, 0.5) is 4.39 Å². The monoisotopic (exact) mass is 280 g/mol. The second-order valence-electron chi connectivity index (χ2n) is 4.39. The average Bonchev–Trinajstić information content (AvgIpc) is 2.42. The largest absolute Gasteiger partial charge is 0.383 e. The van der Waals surface area contributed by atoms with Crippen LogP contribution in [0.1, 0.15) is 24.6 Å². The van der Waals surface area contributed by atoms with Crippen molar-refractivity contribution in [1.29, 1.82) is 0 Å². The molecule has 0 aliphatic heterocycles. The van der Waals surface area contributed by atoms with E-state index in [4.69, 9.17) is 11.6 Å². The standard InChI is InChI=1S/C14H14ClFN2O/c1-2-14(19,13-4-3-11(16)8-18-13)7-10-5-6-17-9-12(10)15/h3-6,8-9,19H,2,7H2,1H3. The Hall–Kier alpha value is -1.52. The molecule has 2 aromatic rings. The Morgan fingerprint density at radius 1 is 1.32 bits per heavy atom. The first-order valence-electron chi connectivity index (χ1n) is 5.98. The van der Waals surface area contributed by atoms with Gasteiger partial charge in [-0.3, -0.25) is 9.97 Å². The molecule has 0 saturated heterocycles. The number of nitrogens with zero attached hydrogens (tertiary/aromatic N) is 2. The van der Waals surface area contributed by atoms with Gasteiger partial charge >= 0.3 is 0 Å². The molecule has 0 aliphatic carbocycles. The maximum atomic E-state index is 12.9. The van der Waals surface area contributed by atoms with Gasteiger partial charge in [0.2, 0.25) is 0 Å². The van der Waals surface area contributed by atoms with Crippen LogP contribution in [-0.2, 0) is 12.0 Å². The number of hydrogen-bond donors (Lipinski definition) is 1. The molecule has 100 valence electrons. The van der Waals surface area contributed by atoms with Crippen molar-refractivity contribution in [1.82, 2.24) is 9.97 Å². The summed E-state index contributed by atoms with van der Waals surface area (Å²) in [5, 5.41) is 11.2. The minimum atomic E-state index is -1.17. The minimum absolute atomic E-state index is 0.309. The first kappa shape index (κ1) is 13.9. The predicted molar refractivity (Wildman–Crippen MR) is 71.3 cm³/mol. The van der Waals surface area contributed by atoms with Crippen LogP contribution in [0.3, 0.4) is 0 Å². The van der Waals surface area contributed by atoms with Gasteiger partial charge in [-0.05, 0) is 30.2 Å². The molecule has 0 radical (unpaired) electrons. The minimum Gasteiger partial charge on any atom is -0.383 e. The van der Waals surface area contributed by atoms with Crippen LogP contribution < -0.4 is 0 Å². The molecule has 0 fully saturated rings. The van der Waals surface area contributed by atoms with Crippen LogP contribution in [0.2, 0.25) is 5.02 Å². The third-order valence-electron chi connectivity index (χ3n) is 3.13. The number of halogens is 2. The third-order valence-corrected chi connectivity index (χ3v) is 3.47. The summed E-state index contributed by atoms with van der Waals surface area (Å²) in [5.41, 5.74) is 0.0509. The number of pyridine rings is 2. The Balaban J connectivity index is 2.33. The molecule has 0 amide bonds. The van der Waals surface area contributed by atoms with E-state index in [1.807, 2.05) is 6.92 Å². The highest BCUT2D eigenvalue weighted by Gasteiger charge is 2.29. The second kappa shape index (κ2) is 5.63. The van der Waals surface area contributed by atoms with Crippen molar-refractivity contribution in [2.45, 2.75) is 25.4 Å². The van der Waals surface area contributed by atoms with Gasteiger partial charge in [-0.1, -0.05) is 18.5 Å². The molecule has 0 spiro atoms. The number of rotatable bonds is 4. The summed E-state index contributed by atoms with van der Waals surface area (Å²) in [6.45, 7) is 1.85. The van der Waals surface area contributed by atoms with Gasteiger partial charge in [0.1, 0.15) is 11.4 Å². The molecular weight excluding hydrogens is 267 g/mol. The lowest BCUT2D eigenvalue weighted by atomic mass is 9.88. The Bertz CT molecular complexity index is 562. The topological polar surface area (TPSA) is 46.0 Å². The first-order chi connectivity index (χ1) is 9.05. The van der Waals surface area contributed by atoms with Crippen molar-refractivity contribution in [3.63, 3.8) is 0 Å². The van der Waals surface area contributed by atoms with Gasteiger partial charge in [0.05, 0.1) is 16.9 Å². The fraction of sp³-hybridized carbons (Fsp3) is 0.286. The highest BCUT2D eigenvalue weighted by molar-refractivity contribution is 6.31. The molecule has 1 atom stereocenters. The zero-order chi connectivity index (χ0) is 13.9. The van der Waals surface area contributed by atoms with E-state index in [9.17, 15) is 9.50 Å². The van der Waals surface area contributed by atoms with E-state index in [1.54, 1.807) is 12.3 Å². The van der Waals surface area contributed by atoms with Gasteiger partial charge in [0.15, 0.2) is 0 Å². The maximum absolute atomic E-state index is 12.9. The van der Waals surface area contributed by atoms with Gasteiger partial charge in [-0.2, -0.15) is 0 Å². The highest BCUT2D eigenvalue weighted by Crippen LogP contribution is 2.30. The average molecular weight is 281 g/mol. The summed E-state index contributed by atoms with van der Waals surface area (Å²) in [6, 6.07) is 4.54. The molecule has 5 heteroatoms. The van der Waals surface area contributed by atoms with Gasteiger partial charge in [0, 0.05) is 18.8 Å². The fourth-order valence-electron chi connectivity index (χ4n) is 1.91. The van der Waals surface area contributed by atoms with Gasteiger partial charge in [-0.25, -0.2) is 4.39 Å². The summed E-state index contributed by atoms with van der Waals surface area (Å²) >= 11 is 6.05. The second-order valence-corrected chi connectivity index (χ2v) is 4.80. The van der Waals surface area contributed by atoms with Crippen LogP contribution in [0.15, 0.2) is 36.8 Å². The number of hydrogen-bond acceptors (Lipinski definition) is 3. The van der Waals surface area contributed by atoms with Crippen molar-refractivity contribution >= 4 is 11.6 Å². The van der Waals surface area contributed by atoms with E-state index in [-0.39, 0.29) is 0 Å². The van der Waals surface area contributed by atoms with E-state index in [0.717, 1.165) is 11.8 Å². The van der Waals surface area contributed by atoms with Crippen LogP contribution in [0.5, 0.6) is 0 Å². The first-order valence-corrected chi connectivity index (χ1v) is 6.36. The number of aromatic nitrogens is 2. The normalized spacial score (nSPS) is 14.1. The van der Waals surface area contributed by atoms with Gasteiger partial charge in [-0.15, -0.1) is 0 Å². The van der Waals surface area contributed by atoms with Crippen LogP contribution >= 0.6 is 11.6 Å². The smallest absolute Gasteiger partial charge is 0.141 e. The maximum Gasteiger partial charge on any atom is 0.141 e. The lowest BCUT2D eigenvalue weighted by molar-refractivity contribution is 0.0282. The summed E-state index contributed by atoms with van der Waals surface area (Å²) in [7, 11) is 0. The molecule has 1 N–H and O–H groups in total. The lowest BCUT2D eigenvalue weighted by Gasteiger charge is -2.26.